The highest BCUT2D eigenvalue weighted by Gasteiger charge is 2.35. The van der Waals surface area contributed by atoms with E-state index in [1.807, 2.05) is 0 Å². The van der Waals surface area contributed by atoms with E-state index < -0.39 is 0 Å². The molecule has 4 unspecified atom stereocenters. The molecule has 1 amide bonds. The Morgan fingerprint density at radius 3 is 2.41 bits per heavy atom. The molecule has 4 heteroatoms. The van der Waals surface area contributed by atoms with E-state index in [1.165, 1.54) is 12.8 Å². The van der Waals surface area contributed by atoms with Crippen LogP contribution in [-0.4, -0.2) is 16.9 Å². The average molecular weight is 254 g/mol. The fourth-order valence-electron chi connectivity index (χ4n) is 3.30. The van der Waals surface area contributed by atoms with Gasteiger partial charge in [-0.3, -0.25) is 4.79 Å². The van der Waals surface area contributed by atoms with Crippen molar-refractivity contribution < 1.29 is 4.79 Å². The van der Waals surface area contributed by atoms with E-state index in [-0.39, 0.29) is 23.8 Å². The van der Waals surface area contributed by atoms with Crippen molar-refractivity contribution in [2.75, 3.05) is 0 Å². The molecule has 17 heavy (non-hydrogen) atoms. The first-order valence-electron chi connectivity index (χ1n) is 6.69. The van der Waals surface area contributed by atoms with Crippen molar-refractivity contribution in [1.82, 2.24) is 5.32 Å². The van der Waals surface area contributed by atoms with Gasteiger partial charge in [0.15, 0.2) is 0 Å². The molecule has 0 radical (unpaired) electrons. The quantitative estimate of drug-likeness (QED) is 0.757. The molecule has 0 heterocycles. The minimum absolute atomic E-state index is 0.188. The minimum Gasteiger partial charge on any atom is -0.393 e. The summed E-state index contributed by atoms with van der Waals surface area (Å²) >= 11 is 5.07. The predicted molar refractivity (Wildman–Crippen MR) is 72.6 cm³/mol. The van der Waals surface area contributed by atoms with Crippen LogP contribution in [0.25, 0.3) is 0 Å². The molecule has 0 spiro atoms. The number of carbonyl (C=O) groups excluding carboxylic acids is 1. The first kappa shape index (κ1) is 12.8. The third kappa shape index (κ3) is 2.79. The van der Waals surface area contributed by atoms with Crippen LogP contribution in [0.15, 0.2) is 0 Å². The van der Waals surface area contributed by atoms with Crippen LogP contribution in [0.4, 0.5) is 0 Å². The Morgan fingerprint density at radius 2 is 1.82 bits per heavy atom. The SMILES string of the molecule is CC1CCCC1C(=O)NC1CCCC1C(N)=S. The molecule has 0 aromatic heterocycles. The van der Waals surface area contributed by atoms with E-state index in [0.29, 0.717) is 10.9 Å². The Balaban J connectivity index is 1.91. The molecule has 0 bridgehead atoms. The molecule has 4 atom stereocenters. The summed E-state index contributed by atoms with van der Waals surface area (Å²) in [6.07, 6.45) is 6.57. The van der Waals surface area contributed by atoms with Crippen molar-refractivity contribution in [2.24, 2.45) is 23.5 Å². The molecule has 2 fully saturated rings. The maximum atomic E-state index is 12.2. The van der Waals surface area contributed by atoms with Crippen LogP contribution >= 0.6 is 12.2 Å². The highest BCUT2D eigenvalue weighted by molar-refractivity contribution is 7.80. The van der Waals surface area contributed by atoms with Gasteiger partial charge in [-0.15, -0.1) is 0 Å². The minimum atomic E-state index is 0.188. The summed E-state index contributed by atoms with van der Waals surface area (Å²) in [5.74, 6) is 1.18. The number of amides is 1. The molecule has 3 N–H and O–H groups in total. The lowest BCUT2D eigenvalue weighted by atomic mass is 9.96. The van der Waals surface area contributed by atoms with E-state index in [4.69, 9.17) is 18.0 Å². The normalized spacial score (nSPS) is 37.0. The molecule has 2 aliphatic rings. The van der Waals surface area contributed by atoms with Gasteiger partial charge in [-0.2, -0.15) is 0 Å². The van der Waals surface area contributed by atoms with Gasteiger partial charge in [0.2, 0.25) is 5.91 Å². The largest absolute Gasteiger partial charge is 0.393 e. The lowest BCUT2D eigenvalue weighted by molar-refractivity contribution is -0.126. The van der Waals surface area contributed by atoms with Crippen LogP contribution in [-0.2, 0) is 4.79 Å². The Morgan fingerprint density at radius 1 is 1.18 bits per heavy atom. The first-order valence-corrected chi connectivity index (χ1v) is 7.10. The number of thiocarbonyl (C=S) groups is 1. The zero-order valence-corrected chi connectivity index (χ0v) is 11.3. The fraction of sp³-hybridized carbons (Fsp3) is 0.846. The van der Waals surface area contributed by atoms with Crippen LogP contribution < -0.4 is 11.1 Å². The molecule has 2 aliphatic carbocycles. The van der Waals surface area contributed by atoms with E-state index in [0.717, 1.165) is 25.7 Å². The summed E-state index contributed by atoms with van der Waals surface area (Å²) in [6, 6.07) is 0.188. The van der Waals surface area contributed by atoms with Gasteiger partial charge in [0.1, 0.15) is 0 Å². The predicted octanol–water partition coefficient (Wildman–Crippen LogP) is 1.99. The lowest BCUT2D eigenvalue weighted by Crippen LogP contribution is -2.44. The molecule has 2 rings (SSSR count). The third-order valence-electron chi connectivity index (χ3n) is 4.41. The third-order valence-corrected chi connectivity index (χ3v) is 4.71. The second-order valence-corrected chi connectivity index (χ2v) is 6.04. The molecule has 96 valence electrons. The van der Waals surface area contributed by atoms with E-state index in [2.05, 4.69) is 12.2 Å². The Hall–Kier alpha value is -0.640. The summed E-state index contributed by atoms with van der Waals surface area (Å²) in [5, 5.41) is 3.18. The zero-order chi connectivity index (χ0) is 12.4. The van der Waals surface area contributed by atoms with Crippen molar-refractivity contribution in [3.63, 3.8) is 0 Å². The molecule has 2 saturated carbocycles. The highest BCUT2D eigenvalue weighted by Crippen LogP contribution is 2.32. The smallest absolute Gasteiger partial charge is 0.223 e. The Bertz CT molecular complexity index is 319. The molecule has 3 nitrogen and oxygen atoms in total. The number of rotatable bonds is 3. The number of hydrogen-bond donors (Lipinski definition) is 2. The Kier molecular flexibility index (Phi) is 4.02. The van der Waals surface area contributed by atoms with Gasteiger partial charge in [0.25, 0.3) is 0 Å². The summed E-state index contributed by atoms with van der Waals surface area (Å²) < 4.78 is 0. The summed E-state index contributed by atoms with van der Waals surface area (Å²) in [5.41, 5.74) is 5.72. The first-order chi connectivity index (χ1) is 8.09. The van der Waals surface area contributed by atoms with Crippen LogP contribution in [0.1, 0.15) is 45.4 Å². The summed E-state index contributed by atoms with van der Waals surface area (Å²) in [6.45, 7) is 2.18. The van der Waals surface area contributed by atoms with Crippen molar-refractivity contribution in [3.05, 3.63) is 0 Å². The summed E-state index contributed by atoms with van der Waals surface area (Å²) in [7, 11) is 0. The van der Waals surface area contributed by atoms with E-state index >= 15 is 0 Å². The van der Waals surface area contributed by atoms with Gasteiger partial charge < -0.3 is 11.1 Å². The average Bonchev–Trinajstić information content (AvgIpc) is 2.86. The van der Waals surface area contributed by atoms with Crippen LogP contribution in [0, 0.1) is 17.8 Å². The number of carbonyl (C=O) groups is 1. The standard InChI is InChI=1S/C13H22N2OS/c1-8-4-2-5-9(8)13(16)15-11-7-3-6-10(11)12(14)17/h8-11H,2-7H2,1H3,(H2,14,17)(H,15,16). The van der Waals surface area contributed by atoms with Crippen LogP contribution in [0.5, 0.6) is 0 Å². The molecular weight excluding hydrogens is 232 g/mol. The van der Waals surface area contributed by atoms with Crippen molar-refractivity contribution in [3.8, 4) is 0 Å². The fourth-order valence-corrected chi connectivity index (χ4v) is 3.58. The van der Waals surface area contributed by atoms with Crippen molar-refractivity contribution in [2.45, 2.75) is 51.5 Å². The van der Waals surface area contributed by atoms with Crippen molar-refractivity contribution in [1.29, 1.82) is 0 Å². The van der Waals surface area contributed by atoms with Crippen LogP contribution in [0.2, 0.25) is 0 Å². The number of nitrogens with two attached hydrogens (primary N) is 1. The highest BCUT2D eigenvalue weighted by atomic mass is 32.1. The van der Waals surface area contributed by atoms with Gasteiger partial charge in [-0.1, -0.05) is 32.0 Å². The molecular formula is C13H22N2OS. The van der Waals surface area contributed by atoms with Crippen LogP contribution in [0.3, 0.4) is 0 Å². The van der Waals surface area contributed by atoms with Gasteiger partial charge >= 0.3 is 0 Å². The second kappa shape index (κ2) is 5.34. The molecule has 0 saturated heterocycles. The maximum absolute atomic E-state index is 12.2. The molecule has 0 aliphatic heterocycles. The monoisotopic (exact) mass is 254 g/mol. The van der Waals surface area contributed by atoms with E-state index in [1.54, 1.807) is 0 Å². The lowest BCUT2D eigenvalue weighted by Gasteiger charge is -2.23. The maximum Gasteiger partial charge on any atom is 0.223 e. The molecule has 0 aromatic carbocycles. The second-order valence-electron chi connectivity index (χ2n) is 5.57. The van der Waals surface area contributed by atoms with Gasteiger partial charge in [-0.25, -0.2) is 0 Å². The summed E-state index contributed by atoms with van der Waals surface area (Å²) in [4.78, 5) is 12.7. The van der Waals surface area contributed by atoms with Crippen molar-refractivity contribution >= 4 is 23.1 Å². The van der Waals surface area contributed by atoms with Gasteiger partial charge in [-0.05, 0) is 31.6 Å². The van der Waals surface area contributed by atoms with Gasteiger partial charge in [0.05, 0.1) is 4.99 Å². The Labute approximate surface area is 109 Å². The van der Waals surface area contributed by atoms with Gasteiger partial charge in [0, 0.05) is 17.9 Å². The number of nitrogens with one attached hydrogen (secondary N) is 1. The molecule has 0 aromatic rings. The zero-order valence-electron chi connectivity index (χ0n) is 10.4. The number of hydrogen-bond acceptors (Lipinski definition) is 2. The topological polar surface area (TPSA) is 55.1 Å². The van der Waals surface area contributed by atoms with E-state index in [9.17, 15) is 4.79 Å².